The molecule has 0 spiro atoms. The SMILES string of the molecule is NCCCCNc1ccc2c(c1)CC(=O)N2. The number of amides is 1. The fraction of sp³-hybridized carbons (Fsp3) is 0.417. The lowest BCUT2D eigenvalue weighted by Crippen LogP contribution is -2.05. The summed E-state index contributed by atoms with van der Waals surface area (Å²) in [7, 11) is 0. The lowest BCUT2D eigenvalue weighted by molar-refractivity contribution is -0.115. The van der Waals surface area contributed by atoms with E-state index in [0.717, 1.165) is 42.9 Å². The van der Waals surface area contributed by atoms with Crippen LogP contribution in [0.3, 0.4) is 0 Å². The van der Waals surface area contributed by atoms with Gasteiger partial charge in [0.05, 0.1) is 6.42 Å². The lowest BCUT2D eigenvalue weighted by atomic mass is 10.1. The van der Waals surface area contributed by atoms with Gasteiger partial charge in [-0.1, -0.05) is 0 Å². The van der Waals surface area contributed by atoms with E-state index in [9.17, 15) is 4.79 Å². The zero-order chi connectivity index (χ0) is 11.4. The first kappa shape index (κ1) is 11.0. The Morgan fingerprint density at radius 1 is 1.38 bits per heavy atom. The Labute approximate surface area is 95.2 Å². The molecule has 0 bridgehead atoms. The molecule has 0 atom stereocenters. The molecule has 16 heavy (non-hydrogen) atoms. The van der Waals surface area contributed by atoms with Gasteiger partial charge in [-0.3, -0.25) is 4.79 Å². The minimum atomic E-state index is 0.0790. The van der Waals surface area contributed by atoms with Crippen LogP contribution in [-0.4, -0.2) is 19.0 Å². The van der Waals surface area contributed by atoms with Gasteiger partial charge in [-0.05, 0) is 43.1 Å². The summed E-state index contributed by atoms with van der Waals surface area (Å²) in [6.07, 6.45) is 2.61. The second-order valence-corrected chi connectivity index (χ2v) is 4.02. The van der Waals surface area contributed by atoms with Gasteiger partial charge in [0.25, 0.3) is 0 Å². The standard InChI is InChI=1S/C12H17N3O/c13-5-1-2-6-14-10-3-4-11-9(7-10)8-12(16)15-11/h3-4,7,14H,1-2,5-6,8,13H2,(H,15,16). The third-order valence-corrected chi connectivity index (χ3v) is 2.69. The second-order valence-electron chi connectivity index (χ2n) is 4.02. The minimum Gasteiger partial charge on any atom is -0.385 e. The van der Waals surface area contributed by atoms with Gasteiger partial charge in [-0.15, -0.1) is 0 Å². The van der Waals surface area contributed by atoms with Crippen molar-refractivity contribution in [1.82, 2.24) is 0 Å². The molecule has 0 fully saturated rings. The maximum atomic E-state index is 11.2. The van der Waals surface area contributed by atoms with Crippen LogP contribution in [0.25, 0.3) is 0 Å². The molecule has 1 amide bonds. The van der Waals surface area contributed by atoms with Crippen LogP contribution in [0.5, 0.6) is 0 Å². The van der Waals surface area contributed by atoms with E-state index in [4.69, 9.17) is 5.73 Å². The Morgan fingerprint density at radius 2 is 2.25 bits per heavy atom. The number of anilines is 2. The summed E-state index contributed by atoms with van der Waals surface area (Å²) < 4.78 is 0. The summed E-state index contributed by atoms with van der Waals surface area (Å²) in [6.45, 7) is 1.67. The van der Waals surface area contributed by atoms with Crippen molar-refractivity contribution in [1.29, 1.82) is 0 Å². The van der Waals surface area contributed by atoms with Crippen molar-refractivity contribution >= 4 is 17.3 Å². The third kappa shape index (κ3) is 2.52. The average Bonchev–Trinajstić information content (AvgIpc) is 2.64. The molecule has 0 aromatic heterocycles. The predicted octanol–water partition coefficient (Wildman–Crippen LogP) is 1.33. The first-order valence-corrected chi connectivity index (χ1v) is 5.66. The van der Waals surface area contributed by atoms with Crippen LogP contribution in [0.4, 0.5) is 11.4 Å². The summed E-state index contributed by atoms with van der Waals surface area (Å²) in [5, 5.41) is 6.15. The number of rotatable bonds is 5. The number of benzene rings is 1. The van der Waals surface area contributed by atoms with Crippen LogP contribution in [0.2, 0.25) is 0 Å². The van der Waals surface area contributed by atoms with Crippen molar-refractivity contribution in [3.05, 3.63) is 23.8 Å². The van der Waals surface area contributed by atoms with Crippen molar-refractivity contribution in [2.45, 2.75) is 19.3 Å². The molecule has 2 rings (SSSR count). The molecule has 0 unspecified atom stereocenters. The molecule has 1 aliphatic heterocycles. The Morgan fingerprint density at radius 3 is 3.06 bits per heavy atom. The van der Waals surface area contributed by atoms with Gasteiger partial charge in [0.15, 0.2) is 0 Å². The Hall–Kier alpha value is -1.55. The zero-order valence-electron chi connectivity index (χ0n) is 9.25. The second kappa shape index (κ2) is 4.99. The lowest BCUT2D eigenvalue weighted by Gasteiger charge is -2.07. The van der Waals surface area contributed by atoms with Gasteiger partial charge in [0.1, 0.15) is 0 Å². The minimum absolute atomic E-state index is 0.0790. The van der Waals surface area contributed by atoms with E-state index in [1.165, 1.54) is 0 Å². The third-order valence-electron chi connectivity index (χ3n) is 2.69. The zero-order valence-corrected chi connectivity index (χ0v) is 9.25. The number of nitrogens with two attached hydrogens (primary N) is 1. The number of nitrogens with one attached hydrogen (secondary N) is 2. The van der Waals surface area contributed by atoms with Gasteiger partial charge in [0, 0.05) is 17.9 Å². The monoisotopic (exact) mass is 219 g/mol. The summed E-state index contributed by atoms with van der Waals surface area (Å²) in [5.41, 5.74) is 8.52. The maximum Gasteiger partial charge on any atom is 0.228 e. The highest BCUT2D eigenvalue weighted by atomic mass is 16.1. The molecule has 4 heteroatoms. The predicted molar refractivity (Wildman–Crippen MR) is 65.6 cm³/mol. The molecule has 1 aliphatic rings. The number of carbonyl (C=O) groups excluding carboxylic acids is 1. The summed E-state index contributed by atoms with van der Waals surface area (Å²) in [6, 6.07) is 5.98. The Bertz CT molecular complexity index is 390. The Balaban J connectivity index is 1.92. The normalized spacial score (nSPS) is 13.4. The van der Waals surface area contributed by atoms with Gasteiger partial charge < -0.3 is 16.4 Å². The van der Waals surface area contributed by atoms with Crippen LogP contribution in [-0.2, 0) is 11.2 Å². The summed E-state index contributed by atoms with van der Waals surface area (Å²) >= 11 is 0. The van der Waals surface area contributed by atoms with Crippen LogP contribution < -0.4 is 16.4 Å². The highest BCUT2D eigenvalue weighted by Gasteiger charge is 2.16. The van der Waals surface area contributed by atoms with E-state index in [1.807, 2.05) is 18.2 Å². The van der Waals surface area contributed by atoms with Crippen LogP contribution in [0.15, 0.2) is 18.2 Å². The van der Waals surface area contributed by atoms with E-state index < -0.39 is 0 Å². The molecule has 0 saturated carbocycles. The molecule has 86 valence electrons. The first-order chi connectivity index (χ1) is 7.79. The van der Waals surface area contributed by atoms with Gasteiger partial charge in [-0.25, -0.2) is 0 Å². The molecule has 0 radical (unpaired) electrons. The summed E-state index contributed by atoms with van der Waals surface area (Å²) in [5.74, 6) is 0.0790. The molecule has 0 aliphatic carbocycles. The molecular formula is C12H17N3O. The smallest absolute Gasteiger partial charge is 0.228 e. The number of fused-ring (bicyclic) bond motifs is 1. The van der Waals surface area contributed by atoms with Crippen molar-refractivity contribution in [3.8, 4) is 0 Å². The highest BCUT2D eigenvalue weighted by molar-refractivity contribution is 5.99. The van der Waals surface area contributed by atoms with Crippen molar-refractivity contribution in [2.75, 3.05) is 23.7 Å². The Kier molecular flexibility index (Phi) is 3.41. The van der Waals surface area contributed by atoms with E-state index in [1.54, 1.807) is 0 Å². The van der Waals surface area contributed by atoms with Crippen LogP contribution in [0.1, 0.15) is 18.4 Å². The van der Waals surface area contributed by atoms with E-state index >= 15 is 0 Å². The van der Waals surface area contributed by atoms with Gasteiger partial charge in [-0.2, -0.15) is 0 Å². The summed E-state index contributed by atoms with van der Waals surface area (Å²) in [4.78, 5) is 11.2. The largest absolute Gasteiger partial charge is 0.385 e. The molecule has 0 saturated heterocycles. The molecule has 4 N–H and O–H groups in total. The van der Waals surface area contributed by atoms with Gasteiger partial charge in [0.2, 0.25) is 5.91 Å². The highest BCUT2D eigenvalue weighted by Crippen LogP contribution is 2.25. The van der Waals surface area contributed by atoms with Crippen molar-refractivity contribution in [3.63, 3.8) is 0 Å². The van der Waals surface area contributed by atoms with E-state index in [0.29, 0.717) is 6.42 Å². The first-order valence-electron chi connectivity index (χ1n) is 5.66. The molecule has 1 aromatic carbocycles. The number of carbonyl (C=O) groups is 1. The number of hydrogen-bond acceptors (Lipinski definition) is 3. The molecule has 4 nitrogen and oxygen atoms in total. The quantitative estimate of drug-likeness (QED) is 0.654. The van der Waals surface area contributed by atoms with Crippen LogP contribution >= 0.6 is 0 Å². The van der Waals surface area contributed by atoms with E-state index in [-0.39, 0.29) is 5.91 Å². The van der Waals surface area contributed by atoms with Crippen molar-refractivity contribution < 1.29 is 4.79 Å². The maximum absolute atomic E-state index is 11.2. The number of unbranched alkanes of at least 4 members (excludes halogenated alkanes) is 1. The van der Waals surface area contributed by atoms with E-state index in [2.05, 4.69) is 10.6 Å². The van der Waals surface area contributed by atoms with Gasteiger partial charge >= 0.3 is 0 Å². The molecule has 1 heterocycles. The fourth-order valence-corrected chi connectivity index (χ4v) is 1.84. The number of hydrogen-bond donors (Lipinski definition) is 3. The fourth-order valence-electron chi connectivity index (χ4n) is 1.84. The molecule has 1 aromatic rings. The molecular weight excluding hydrogens is 202 g/mol. The van der Waals surface area contributed by atoms with Crippen molar-refractivity contribution in [2.24, 2.45) is 5.73 Å². The van der Waals surface area contributed by atoms with Crippen LogP contribution in [0, 0.1) is 0 Å². The topological polar surface area (TPSA) is 67.1 Å². The average molecular weight is 219 g/mol.